The Bertz CT molecular complexity index is 995. The Balaban J connectivity index is 0.00000166. The molecule has 0 saturated carbocycles. The van der Waals surface area contributed by atoms with Crippen LogP contribution in [0.15, 0.2) is 54.4 Å². The second-order valence-electron chi connectivity index (χ2n) is 8.16. The summed E-state index contributed by atoms with van der Waals surface area (Å²) in [6, 6.07) is 15.8. The van der Waals surface area contributed by atoms with Gasteiger partial charge in [-0.1, -0.05) is 70.7 Å². The molecule has 0 aliphatic rings. The normalized spacial score (nSPS) is 11.1. The summed E-state index contributed by atoms with van der Waals surface area (Å²) >= 11 is 1.77. The molecule has 1 aromatic heterocycles. The van der Waals surface area contributed by atoms with Crippen LogP contribution in [0.25, 0.3) is 27.8 Å². The minimum atomic E-state index is 0.0729. The molecule has 0 spiro atoms. The van der Waals surface area contributed by atoms with Gasteiger partial charge >= 0.3 is 0 Å². The first kappa shape index (κ1) is 25.1. The minimum absolute atomic E-state index is 0.0729. The maximum Gasteiger partial charge on any atom is 0.0372 e. The van der Waals surface area contributed by atoms with Crippen LogP contribution >= 0.6 is 11.3 Å². The van der Waals surface area contributed by atoms with Crippen LogP contribution in [0.1, 0.15) is 69.0 Å². The summed E-state index contributed by atoms with van der Waals surface area (Å²) in [4.78, 5) is 1.27. The lowest BCUT2D eigenvalue weighted by atomic mass is 9.75. The minimum Gasteiger partial charge on any atom is -0.330 e. The molecule has 3 rings (SSSR count). The quantitative estimate of drug-likeness (QED) is 0.396. The van der Waals surface area contributed by atoms with Crippen molar-refractivity contribution in [2.24, 2.45) is 5.73 Å². The lowest BCUT2D eigenvalue weighted by molar-refractivity contribution is 0.407. The fourth-order valence-corrected chi connectivity index (χ4v) is 5.26. The molecular formula is C29H39NS. The van der Waals surface area contributed by atoms with Crippen LogP contribution in [-0.2, 0) is 5.41 Å². The lowest BCUT2D eigenvalue weighted by Gasteiger charge is -2.31. The third-order valence-electron chi connectivity index (χ3n) is 6.47. The van der Waals surface area contributed by atoms with E-state index >= 15 is 0 Å². The molecule has 166 valence electrons. The van der Waals surface area contributed by atoms with E-state index in [1.807, 2.05) is 13.8 Å². The van der Waals surface area contributed by atoms with Crippen LogP contribution in [0.2, 0.25) is 0 Å². The molecular weight excluding hydrogens is 394 g/mol. The van der Waals surface area contributed by atoms with Crippen molar-refractivity contribution in [2.45, 2.75) is 66.7 Å². The van der Waals surface area contributed by atoms with Crippen LogP contribution < -0.4 is 5.73 Å². The van der Waals surface area contributed by atoms with Gasteiger partial charge < -0.3 is 5.73 Å². The fraction of sp³-hybridized carbons (Fsp3) is 0.379. The number of allylic oxidation sites excluding steroid dienone is 1. The van der Waals surface area contributed by atoms with E-state index in [4.69, 9.17) is 5.73 Å². The molecule has 2 aromatic carbocycles. The van der Waals surface area contributed by atoms with Crippen LogP contribution in [0.4, 0.5) is 0 Å². The molecule has 2 heteroatoms. The number of hydrogen-bond acceptors (Lipinski definition) is 2. The van der Waals surface area contributed by atoms with Crippen molar-refractivity contribution in [3.8, 4) is 22.3 Å². The fourth-order valence-electron chi connectivity index (χ4n) is 4.42. The molecule has 0 bridgehead atoms. The van der Waals surface area contributed by atoms with E-state index in [1.54, 1.807) is 11.3 Å². The van der Waals surface area contributed by atoms with Gasteiger partial charge in [0.1, 0.15) is 0 Å². The average Bonchev–Trinajstić information content (AvgIpc) is 3.28. The van der Waals surface area contributed by atoms with Crippen LogP contribution in [0, 0.1) is 13.8 Å². The largest absolute Gasteiger partial charge is 0.330 e. The monoisotopic (exact) mass is 433 g/mol. The maximum atomic E-state index is 6.18. The van der Waals surface area contributed by atoms with Crippen LogP contribution in [0.5, 0.6) is 0 Å². The van der Waals surface area contributed by atoms with Gasteiger partial charge in [-0.2, -0.15) is 0 Å². The van der Waals surface area contributed by atoms with Gasteiger partial charge in [0, 0.05) is 22.4 Å². The van der Waals surface area contributed by atoms with Gasteiger partial charge in [0.15, 0.2) is 0 Å². The first-order valence-corrected chi connectivity index (χ1v) is 12.4. The summed E-state index contributed by atoms with van der Waals surface area (Å²) in [7, 11) is 0. The van der Waals surface area contributed by atoms with E-state index in [0.29, 0.717) is 6.54 Å². The van der Waals surface area contributed by atoms with E-state index in [1.165, 1.54) is 43.8 Å². The van der Waals surface area contributed by atoms with Gasteiger partial charge in [0.2, 0.25) is 0 Å². The van der Waals surface area contributed by atoms with Gasteiger partial charge in [-0.25, -0.2) is 0 Å². The summed E-state index contributed by atoms with van der Waals surface area (Å²) < 4.78 is 0. The Morgan fingerprint density at radius 1 is 0.903 bits per heavy atom. The van der Waals surface area contributed by atoms with E-state index in [0.717, 1.165) is 18.4 Å². The predicted octanol–water partition coefficient (Wildman–Crippen LogP) is 8.77. The number of aryl methyl sites for hydroxylation is 2. The van der Waals surface area contributed by atoms with Gasteiger partial charge in [-0.15, -0.1) is 11.3 Å². The van der Waals surface area contributed by atoms with Gasteiger partial charge in [0.05, 0.1) is 0 Å². The topological polar surface area (TPSA) is 26.0 Å². The summed E-state index contributed by atoms with van der Waals surface area (Å²) in [5.41, 5.74) is 16.5. The summed E-state index contributed by atoms with van der Waals surface area (Å²) in [5.74, 6) is 0. The van der Waals surface area contributed by atoms with E-state index in [-0.39, 0.29) is 5.41 Å². The first-order chi connectivity index (χ1) is 14.9. The molecule has 0 saturated heterocycles. The standard InChI is InChI=1S/C27H33NS.C2H6/c1-7-27(8-2,17-28)22-13-11-21(12-14-22)24-19(5)9-10-20(6)25(24)23-15-16-29-26(23)18(3)4;1-2/h9-16H,3,7-8,17,28H2,1-2,4-6H3;1-2H3. The zero-order chi connectivity index (χ0) is 23.2. The molecule has 1 nitrogen and oxygen atoms in total. The maximum absolute atomic E-state index is 6.18. The van der Waals surface area contributed by atoms with Gasteiger partial charge in [-0.3, -0.25) is 0 Å². The SMILES string of the molecule is C=C(C)c1sccc1-c1c(C)ccc(C)c1-c1ccc(C(CC)(CC)CN)cc1.CC. The lowest BCUT2D eigenvalue weighted by Crippen LogP contribution is -2.33. The smallest absolute Gasteiger partial charge is 0.0372 e. The average molecular weight is 434 g/mol. The Morgan fingerprint density at radius 3 is 1.94 bits per heavy atom. The molecule has 2 N–H and O–H groups in total. The molecule has 0 fully saturated rings. The number of benzene rings is 2. The van der Waals surface area contributed by atoms with Crippen molar-refractivity contribution in [1.29, 1.82) is 0 Å². The highest BCUT2D eigenvalue weighted by molar-refractivity contribution is 7.11. The number of rotatable bonds is 7. The van der Waals surface area contributed by atoms with Gasteiger partial charge in [0.25, 0.3) is 0 Å². The molecule has 0 aliphatic heterocycles. The van der Waals surface area contributed by atoms with E-state index < -0.39 is 0 Å². The molecule has 0 unspecified atom stereocenters. The third kappa shape index (κ3) is 4.86. The molecule has 0 atom stereocenters. The molecule has 31 heavy (non-hydrogen) atoms. The molecule has 0 amide bonds. The Morgan fingerprint density at radius 2 is 1.45 bits per heavy atom. The molecule has 0 aliphatic carbocycles. The van der Waals surface area contributed by atoms with Crippen molar-refractivity contribution in [1.82, 2.24) is 0 Å². The van der Waals surface area contributed by atoms with Crippen LogP contribution in [-0.4, -0.2) is 6.54 Å². The van der Waals surface area contributed by atoms with Crippen molar-refractivity contribution >= 4 is 16.9 Å². The van der Waals surface area contributed by atoms with E-state index in [2.05, 4.69) is 89.0 Å². The summed E-state index contributed by atoms with van der Waals surface area (Å²) in [6.45, 7) is 19.9. The second-order valence-corrected chi connectivity index (χ2v) is 9.08. The zero-order valence-electron chi connectivity index (χ0n) is 20.4. The van der Waals surface area contributed by atoms with Crippen molar-refractivity contribution in [3.05, 3.63) is 76.0 Å². The Hall–Kier alpha value is -2.16. The Labute approximate surface area is 194 Å². The molecule has 1 heterocycles. The van der Waals surface area contributed by atoms with E-state index in [9.17, 15) is 0 Å². The molecule has 3 aromatic rings. The molecule has 0 radical (unpaired) electrons. The number of nitrogens with two attached hydrogens (primary N) is 1. The first-order valence-electron chi connectivity index (χ1n) is 11.5. The highest BCUT2D eigenvalue weighted by Gasteiger charge is 2.27. The van der Waals surface area contributed by atoms with Crippen LogP contribution in [0.3, 0.4) is 0 Å². The zero-order valence-corrected chi connectivity index (χ0v) is 21.2. The third-order valence-corrected chi connectivity index (χ3v) is 7.55. The summed E-state index contributed by atoms with van der Waals surface area (Å²) in [6.07, 6.45) is 2.12. The summed E-state index contributed by atoms with van der Waals surface area (Å²) in [5, 5.41) is 2.17. The Kier molecular flexibility index (Phi) is 8.85. The number of thiophene rings is 1. The van der Waals surface area contributed by atoms with Crippen molar-refractivity contribution in [2.75, 3.05) is 6.54 Å². The van der Waals surface area contributed by atoms with Gasteiger partial charge in [-0.05, 0) is 84.0 Å². The second kappa shape index (κ2) is 10.9. The van der Waals surface area contributed by atoms with Crippen molar-refractivity contribution in [3.63, 3.8) is 0 Å². The predicted molar refractivity (Wildman–Crippen MR) is 142 cm³/mol. The highest BCUT2D eigenvalue weighted by Crippen LogP contribution is 2.42. The van der Waals surface area contributed by atoms with Crippen molar-refractivity contribution < 1.29 is 0 Å². The number of hydrogen-bond donors (Lipinski definition) is 1. The highest BCUT2D eigenvalue weighted by atomic mass is 32.1.